The number of ether oxygens (including phenoxy) is 1. The summed E-state index contributed by atoms with van der Waals surface area (Å²) in [6, 6.07) is 13.5. The molecule has 1 aliphatic rings. The molecule has 1 saturated heterocycles. The predicted octanol–water partition coefficient (Wildman–Crippen LogP) is 3.78. The number of nitrogens with one attached hydrogen (secondary N) is 2. The second kappa shape index (κ2) is 11.6. The van der Waals surface area contributed by atoms with E-state index in [4.69, 9.17) is 9.15 Å². The number of pyridine rings is 1. The summed E-state index contributed by atoms with van der Waals surface area (Å²) >= 11 is 0. The average Bonchev–Trinajstić information content (AvgIpc) is 3.38. The van der Waals surface area contributed by atoms with E-state index in [0.29, 0.717) is 55.6 Å². The van der Waals surface area contributed by atoms with Gasteiger partial charge in [0.25, 0.3) is 11.8 Å². The maximum atomic E-state index is 12.9. The van der Waals surface area contributed by atoms with Gasteiger partial charge in [-0.1, -0.05) is 0 Å². The zero-order chi connectivity index (χ0) is 29.0. The van der Waals surface area contributed by atoms with E-state index in [9.17, 15) is 27.6 Å². The van der Waals surface area contributed by atoms with E-state index in [2.05, 4.69) is 20.5 Å². The van der Waals surface area contributed by atoms with Crippen LogP contribution in [0.5, 0.6) is 11.6 Å². The molecule has 14 heteroatoms. The van der Waals surface area contributed by atoms with Gasteiger partial charge in [0.1, 0.15) is 5.75 Å². The van der Waals surface area contributed by atoms with Gasteiger partial charge in [0, 0.05) is 43.4 Å². The molecule has 2 aromatic carbocycles. The highest BCUT2D eigenvalue weighted by Gasteiger charge is 2.30. The number of H-pyrrole nitrogens is 1. The van der Waals surface area contributed by atoms with Crippen LogP contribution in [-0.2, 0) is 12.7 Å². The molecule has 2 amide bonds. The van der Waals surface area contributed by atoms with Crippen LogP contribution in [0.4, 0.5) is 18.9 Å². The van der Waals surface area contributed by atoms with Crippen LogP contribution in [0.3, 0.4) is 0 Å². The third kappa shape index (κ3) is 6.97. The van der Waals surface area contributed by atoms with Crippen molar-refractivity contribution in [2.75, 3.05) is 31.5 Å². The summed E-state index contributed by atoms with van der Waals surface area (Å²) in [5.41, 5.74) is 0.0576. The van der Waals surface area contributed by atoms with E-state index in [1.54, 1.807) is 35.2 Å². The van der Waals surface area contributed by atoms with Gasteiger partial charge in [-0.3, -0.25) is 14.5 Å². The third-order valence-electron chi connectivity index (χ3n) is 6.29. The van der Waals surface area contributed by atoms with E-state index < -0.39 is 23.4 Å². The number of aromatic amines is 1. The lowest BCUT2D eigenvalue weighted by Gasteiger charge is -2.34. The van der Waals surface area contributed by atoms with Crippen molar-refractivity contribution >= 4 is 17.5 Å². The monoisotopic (exact) mass is 568 g/mol. The van der Waals surface area contributed by atoms with Crippen molar-refractivity contribution in [3.05, 3.63) is 100.0 Å². The highest BCUT2D eigenvalue weighted by atomic mass is 19.4. The first-order valence-corrected chi connectivity index (χ1v) is 12.4. The largest absolute Gasteiger partial charge is 0.439 e. The van der Waals surface area contributed by atoms with Gasteiger partial charge in [0.05, 0.1) is 24.0 Å². The molecule has 41 heavy (non-hydrogen) atoms. The minimum Gasteiger partial charge on any atom is -0.439 e. The van der Waals surface area contributed by atoms with Crippen LogP contribution in [0.1, 0.15) is 32.2 Å². The van der Waals surface area contributed by atoms with Gasteiger partial charge < -0.3 is 19.4 Å². The summed E-state index contributed by atoms with van der Waals surface area (Å²) in [6.07, 6.45) is -3.13. The van der Waals surface area contributed by atoms with E-state index in [1.807, 2.05) is 4.90 Å². The first-order valence-electron chi connectivity index (χ1n) is 12.4. The lowest BCUT2D eigenvalue weighted by molar-refractivity contribution is -0.137. The molecular weight excluding hydrogens is 545 g/mol. The third-order valence-corrected chi connectivity index (χ3v) is 6.29. The molecule has 2 N–H and O–H groups in total. The minimum atomic E-state index is -4.48. The molecule has 5 rings (SSSR count). The van der Waals surface area contributed by atoms with Crippen LogP contribution < -0.4 is 15.8 Å². The molecule has 1 fully saturated rings. The summed E-state index contributed by atoms with van der Waals surface area (Å²) in [6.45, 7) is 2.62. The number of rotatable bonds is 7. The number of benzene rings is 2. The molecule has 3 heterocycles. The summed E-state index contributed by atoms with van der Waals surface area (Å²) in [7, 11) is 0. The first kappa shape index (κ1) is 27.6. The Bertz CT molecular complexity index is 1560. The molecule has 0 saturated carbocycles. The van der Waals surface area contributed by atoms with E-state index in [0.717, 1.165) is 24.3 Å². The number of carbonyl (C=O) groups is 2. The topological polar surface area (TPSA) is 134 Å². The smallest absolute Gasteiger partial charge is 0.434 e. The number of halogens is 3. The number of piperazine rings is 1. The Labute approximate surface area is 230 Å². The fourth-order valence-corrected chi connectivity index (χ4v) is 4.13. The van der Waals surface area contributed by atoms with Crippen molar-refractivity contribution in [3.8, 4) is 11.6 Å². The van der Waals surface area contributed by atoms with Crippen LogP contribution in [-0.4, -0.2) is 63.0 Å². The van der Waals surface area contributed by atoms with E-state index in [-0.39, 0.29) is 17.4 Å². The van der Waals surface area contributed by atoms with Gasteiger partial charge in [-0.25, -0.2) is 14.9 Å². The van der Waals surface area contributed by atoms with E-state index in [1.165, 1.54) is 12.3 Å². The molecule has 0 bridgehead atoms. The lowest BCUT2D eigenvalue weighted by atomic mass is 10.1. The molecule has 0 radical (unpaired) electrons. The van der Waals surface area contributed by atoms with Gasteiger partial charge in [-0.2, -0.15) is 13.2 Å². The van der Waals surface area contributed by atoms with Crippen LogP contribution in [0.2, 0.25) is 0 Å². The van der Waals surface area contributed by atoms with Crippen LogP contribution in [0.15, 0.2) is 76.1 Å². The summed E-state index contributed by atoms with van der Waals surface area (Å²) < 4.78 is 48.8. The van der Waals surface area contributed by atoms with Crippen LogP contribution in [0, 0.1) is 0 Å². The number of nitrogens with zero attached hydrogens (tertiary/aromatic N) is 4. The fourth-order valence-electron chi connectivity index (χ4n) is 4.13. The molecule has 212 valence electrons. The average molecular weight is 569 g/mol. The minimum absolute atomic E-state index is 0.0683. The highest BCUT2D eigenvalue weighted by Crippen LogP contribution is 2.29. The Morgan fingerprint density at radius 3 is 2.22 bits per heavy atom. The Morgan fingerprint density at radius 1 is 0.951 bits per heavy atom. The normalized spacial score (nSPS) is 14.1. The summed E-state index contributed by atoms with van der Waals surface area (Å²) in [5.74, 6) is -0.313. The van der Waals surface area contributed by atoms with Crippen LogP contribution in [0.25, 0.3) is 0 Å². The van der Waals surface area contributed by atoms with Gasteiger partial charge >= 0.3 is 11.9 Å². The Hall–Kier alpha value is -4.98. The number of amides is 2. The molecule has 4 aromatic rings. The van der Waals surface area contributed by atoms with Crippen molar-refractivity contribution in [1.82, 2.24) is 25.0 Å². The maximum absolute atomic E-state index is 12.9. The molecule has 0 spiro atoms. The van der Waals surface area contributed by atoms with Crippen molar-refractivity contribution in [2.45, 2.75) is 12.7 Å². The summed E-state index contributed by atoms with van der Waals surface area (Å²) in [4.78, 5) is 44.3. The highest BCUT2D eigenvalue weighted by molar-refractivity contribution is 6.04. The molecule has 0 unspecified atom stereocenters. The van der Waals surface area contributed by atoms with Crippen molar-refractivity contribution in [2.24, 2.45) is 0 Å². The van der Waals surface area contributed by atoms with E-state index >= 15 is 0 Å². The molecule has 11 nitrogen and oxygen atoms in total. The molecule has 2 aromatic heterocycles. The van der Waals surface area contributed by atoms with Gasteiger partial charge in [-0.05, 0) is 54.6 Å². The Balaban J connectivity index is 1.11. The second-order valence-corrected chi connectivity index (χ2v) is 9.12. The quantitative estimate of drug-likeness (QED) is 0.344. The SMILES string of the molecule is O=C(Nc1ccc(Oc2ccc(C(=O)N3CCN(Cc4n[nH]c(=O)o4)CC3)cc2)nc1)c1ccc(C(F)(F)F)cc1. The van der Waals surface area contributed by atoms with Gasteiger partial charge in [-0.15, -0.1) is 5.10 Å². The number of hydrogen-bond donors (Lipinski definition) is 2. The van der Waals surface area contributed by atoms with Gasteiger partial charge in [0.15, 0.2) is 0 Å². The maximum Gasteiger partial charge on any atom is 0.434 e. The predicted molar refractivity (Wildman–Crippen MR) is 138 cm³/mol. The molecule has 1 aliphatic heterocycles. The molecule has 0 aliphatic carbocycles. The fraction of sp³-hybridized carbons (Fsp3) is 0.222. The number of carbonyl (C=O) groups excluding carboxylic acids is 2. The standard InChI is InChI=1S/C27H23F3N6O5/c28-27(29,30)19-5-1-17(2-6-19)24(37)32-20-7-10-22(31-15-20)40-21-8-3-18(4-9-21)25(38)36-13-11-35(12-14-36)16-23-33-34-26(39)41-23/h1-10,15H,11-14,16H2,(H,32,37)(H,34,39). The molecular formula is C27H23F3N6O5. The van der Waals surface area contributed by atoms with Crippen molar-refractivity contribution in [3.63, 3.8) is 0 Å². The number of alkyl halides is 3. The number of anilines is 1. The molecule has 0 atom stereocenters. The Morgan fingerprint density at radius 2 is 1.63 bits per heavy atom. The lowest BCUT2D eigenvalue weighted by Crippen LogP contribution is -2.48. The van der Waals surface area contributed by atoms with Crippen molar-refractivity contribution in [1.29, 1.82) is 0 Å². The number of hydrogen-bond acceptors (Lipinski definition) is 8. The first-order chi connectivity index (χ1) is 19.6. The van der Waals surface area contributed by atoms with Crippen LogP contribution >= 0.6 is 0 Å². The summed E-state index contributed by atoms with van der Waals surface area (Å²) in [5, 5.41) is 8.59. The second-order valence-electron chi connectivity index (χ2n) is 9.12. The van der Waals surface area contributed by atoms with Gasteiger partial charge in [0.2, 0.25) is 11.8 Å². The number of aromatic nitrogens is 3. The zero-order valence-electron chi connectivity index (χ0n) is 21.4. The Kier molecular flexibility index (Phi) is 7.83. The van der Waals surface area contributed by atoms with Crippen molar-refractivity contribution < 1.29 is 31.9 Å². The zero-order valence-corrected chi connectivity index (χ0v) is 21.4.